The molecule has 1 N–H and O–H groups in total. The number of amides is 1. The highest BCUT2D eigenvalue weighted by Crippen LogP contribution is 2.14. The molecular formula is C15H10F2N4O2. The lowest BCUT2D eigenvalue weighted by Gasteiger charge is -2.07. The zero-order valence-corrected chi connectivity index (χ0v) is 11.7. The van der Waals surface area contributed by atoms with Crippen molar-refractivity contribution in [2.45, 2.75) is 6.54 Å². The smallest absolute Gasteiger partial charge is 0.278 e. The van der Waals surface area contributed by atoms with Crippen LogP contribution in [0, 0.1) is 11.6 Å². The number of anilines is 1. The van der Waals surface area contributed by atoms with Crippen molar-refractivity contribution in [2.24, 2.45) is 0 Å². The number of hydrogen-bond donors (Lipinski definition) is 1. The molecule has 0 saturated heterocycles. The molecule has 1 aromatic heterocycles. The number of carbonyl (C=O) groups is 1. The molecule has 0 atom stereocenters. The maximum absolute atomic E-state index is 13.5. The summed E-state index contributed by atoms with van der Waals surface area (Å²) >= 11 is 0. The van der Waals surface area contributed by atoms with E-state index in [1.807, 2.05) is 0 Å². The van der Waals surface area contributed by atoms with Crippen LogP contribution in [0.1, 0.15) is 0 Å². The van der Waals surface area contributed by atoms with Crippen LogP contribution in [0.25, 0.3) is 10.9 Å². The first-order valence-corrected chi connectivity index (χ1v) is 6.62. The summed E-state index contributed by atoms with van der Waals surface area (Å²) in [6.45, 7) is -0.437. The number of benzene rings is 2. The lowest BCUT2D eigenvalue weighted by molar-refractivity contribution is -0.117. The first-order valence-electron chi connectivity index (χ1n) is 6.62. The van der Waals surface area contributed by atoms with Crippen LogP contribution < -0.4 is 10.9 Å². The molecule has 23 heavy (non-hydrogen) atoms. The topological polar surface area (TPSA) is 76.9 Å². The molecule has 0 bridgehead atoms. The summed E-state index contributed by atoms with van der Waals surface area (Å²) in [5.74, 6) is -2.34. The highest BCUT2D eigenvalue weighted by Gasteiger charge is 2.12. The predicted molar refractivity (Wildman–Crippen MR) is 78.8 cm³/mol. The fraction of sp³-hybridized carbons (Fsp3) is 0.0667. The summed E-state index contributed by atoms with van der Waals surface area (Å²) in [4.78, 5) is 24.1. The van der Waals surface area contributed by atoms with Gasteiger partial charge in [-0.3, -0.25) is 9.59 Å². The molecule has 0 spiro atoms. The van der Waals surface area contributed by atoms with Gasteiger partial charge < -0.3 is 5.32 Å². The minimum Gasteiger partial charge on any atom is -0.322 e. The zero-order valence-electron chi connectivity index (χ0n) is 11.7. The molecule has 0 radical (unpaired) electrons. The Kier molecular flexibility index (Phi) is 3.80. The van der Waals surface area contributed by atoms with Crippen LogP contribution in [0.3, 0.4) is 0 Å². The van der Waals surface area contributed by atoms with Crippen molar-refractivity contribution < 1.29 is 13.6 Å². The van der Waals surface area contributed by atoms with Gasteiger partial charge in [0.2, 0.25) is 5.91 Å². The van der Waals surface area contributed by atoms with Gasteiger partial charge >= 0.3 is 0 Å². The molecule has 0 aliphatic rings. The second-order valence-corrected chi connectivity index (χ2v) is 4.74. The highest BCUT2D eigenvalue weighted by molar-refractivity contribution is 5.90. The van der Waals surface area contributed by atoms with Crippen LogP contribution >= 0.6 is 0 Å². The van der Waals surface area contributed by atoms with Gasteiger partial charge in [0.05, 0.1) is 11.1 Å². The van der Waals surface area contributed by atoms with Crippen molar-refractivity contribution in [2.75, 3.05) is 5.32 Å². The molecule has 1 heterocycles. The fourth-order valence-corrected chi connectivity index (χ4v) is 2.04. The quantitative estimate of drug-likeness (QED) is 0.798. The number of aromatic nitrogens is 3. The summed E-state index contributed by atoms with van der Waals surface area (Å²) in [5, 5.41) is 10.1. The lowest BCUT2D eigenvalue weighted by Crippen LogP contribution is -2.30. The number of carbonyl (C=O) groups excluding carboxylic acids is 1. The van der Waals surface area contributed by atoms with Crippen LogP contribution in [0.4, 0.5) is 14.5 Å². The Labute approximate surface area is 128 Å². The third-order valence-corrected chi connectivity index (χ3v) is 3.13. The summed E-state index contributed by atoms with van der Waals surface area (Å²) in [6.07, 6.45) is 0. The molecule has 6 nitrogen and oxygen atoms in total. The summed E-state index contributed by atoms with van der Waals surface area (Å²) in [5.41, 5.74) is -0.248. The Balaban J connectivity index is 1.83. The maximum Gasteiger partial charge on any atom is 0.278 e. The first kappa shape index (κ1) is 14.8. The lowest BCUT2D eigenvalue weighted by atomic mass is 10.2. The normalized spacial score (nSPS) is 10.7. The molecule has 0 unspecified atom stereocenters. The van der Waals surface area contributed by atoms with E-state index in [9.17, 15) is 18.4 Å². The van der Waals surface area contributed by atoms with Crippen molar-refractivity contribution in [3.05, 3.63) is 64.5 Å². The summed E-state index contributed by atoms with van der Waals surface area (Å²) in [7, 11) is 0. The molecule has 1 amide bonds. The second-order valence-electron chi connectivity index (χ2n) is 4.74. The van der Waals surface area contributed by atoms with Crippen molar-refractivity contribution >= 4 is 22.5 Å². The van der Waals surface area contributed by atoms with Gasteiger partial charge in [0.25, 0.3) is 5.56 Å². The molecule has 0 fully saturated rings. The van der Waals surface area contributed by atoms with E-state index in [1.54, 1.807) is 24.3 Å². The molecule has 116 valence electrons. The van der Waals surface area contributed by atoms with E-state index < -0.39 is 29.6 Å². The van der Waals surface area contributed by atoms with Crippen LogP contribution in [0.15, 0.2) is 47.3 Å². The average Bonchev–Trinajstić information content (AvgIpc) is 2.53. The average molecular weight is 316 g/mol. The summed E-state index contributed by atoms with van der Waals surface area (Å²) in [6, 6.07) is 9.34. The number of nitrogens with zero attached hydrogens (tertiary/aromatic N) is 3. The van der Waals surface area contributed by atoms with Crippen molar-refractivity contribution in [3.63, 3.8) is 0 Å². The minimum absolute atomic E-state index is 0.182. The van der Waals surface area contributed by atoms with Gasteiger partial charge in [-0.2, -0.15) is 0 Å². The Morgan fingerprint density at radius 2 is 1.96 bits per heavy atom. The third-order valence-electron chi connectivity index (χ3n) is 3.13. The van der Waals surface area contributed by atoms with Crippen LogP contribution in [-0.4, -0.2) is 20.9 Å². The molecule has 0 aliphatic carbocycles. The largest absolute Gasteiger partial charge is 0.322 e. The molecule has 3 aromatic rings. The van der Waals surface area contributed by atoms with Gasteiger partial charge in [-0.25, -0.2) is 13.5 Å². The van der Waals surface area contributed by atoms with E-state index >= 15 is 0 Å². The number of fused-ring (bicyclic) bond motifs is 1. The van der Waals surface area contributed by atoms with E-state index in [0.717, 1.165) is 16.8 Å². The van der Waals surface area contributed by atoms with Gasteiger partial charge in [-0.1, -0.05) is 17.3 Å². The van der Waals surface area contributed by atoms with Crippen molar-refractivity contribution in [3.8, 4) is 0 Å². The Bertz CT molecular complexity index is 956. The number of nitrogens with one attached hydrogen (secondary N) is 1. The summed E-state index contributed by atoms with van der Waals surface area (Å²) < 4.78 is 27.2. The monoisotopic (exact) mass is 316 g/mol. The van der Waals surface area contributed by atoms with E-state index in [4.69, 9.17) is 0 Å². The van der Waals surface area contributed by atoms with Crippen molar-refractivity contribution in [1.82, 2.24) is 15.0 Å². The van der Waals surface area contributed by atoms with E-state index in [1.165, 1.54) is 0 Å². The first-order chi connectivity index (χ1) is 11.0. The SMILES string of the molecule is O=C(Cn1nnc2ccccc2c1=O)Nc1ccc(F)cc1F. The van der Waals surface area contributed by atoms with Crippen LogP contribution in [0.2, 0.25) is 0 Å². The molecule has 8 heteroatoms. The minimum atomic E-state index is -0.907. The second kappa shape index (κ2) is 5.91. The Morgan fingerprint density at radius 3 is 2.74 bits per heavy atom. The Morgan fingerprint density at radius 1 is 1.17 bits per heavy atom. The van der Waals surface area contributed by atoms with Gasteiger partial charge in [0, 0.05) is 6.07 Å². The number of halogens is 2. The molecule has 0 aliphatic heterocycles. The van der Waals surface area contributed by atoms with E-state index in [0.29, 0.717) is 17.0 Å². The van der Waals surface area contributed by atoms with Crippen LogP contribution in [0.5, 0.6) is 0 Å². The highest BCUT2D eigenvalue weighted by atomic mass is 19.1. The zero-order chi connectivity index (χ0) is 16.4. The van der Waals surface area contributed by atoms with Gasteiger partial charge in [0.1, 0.15) is 23.7 Å². The maximum atomic E-state index is 13.5. The Hall–Kier alpha value is -3.16. The number of hydrogen-bond acceptors (Lipinski definition) is 4. The van der Waals surface area contributed by atoms with Crippen molar-refractivity contribution in [1.29, 1.82) is 0 Å². The van der Waals surface area contributed by atoms with Gasteiger partial charge in [0.15, 0.2) is 0 Å². The predicted octanol–water partition coefficient (Wildman–Crippen LogP) is 1.71. The molecule has 3 rings (SSSR count). The van der Waals surface area contributed by atoms with E-state index in [2.05, 4.69) is 15.6 Å². The van der Waals surface area contributed by atoms with Gasteiger partial charge in [-0.05, 0) is 24.3 Å². The molecule has 0 saturated carbocycles. The van der Waals surface area contributed by atoms with Crippen LogP contribution in [-0.2, 0) is 11.3 Å². The van der Waals surface area contributed by atoms with E-state index in [-0.39, 0.29) is 5.69 Å². The molecular weight excluding hydrogens is 306 g/mol. The standard InChI is InChI=1S/C15H10F2N4O2/c16-9-5-6-13(11(17)7-9)18-14(22)8-21-15(23)10-3-1-2-4-12(10)19-20-21/h1-7H,8H2,(H,18,22). The third kappa shape index (κ3) is 3.05. The fourth-order valence-electron chi connectivity index (χ4n) is 2.04. The van der Waals surface area contributed by atoms with Gasteiger partial charge in [-0.15, -0.1) is 5.10 Å². The number of rotatable bonds is 3. The molecule has 2 aromatic carbocycles.